The van der Waals surface area contributed by atoms with Gasteiger partial charge in [0.15, 0.2) is 0 Å². The van der Waals surface area contributed by atoms with Crippen LogP contribution in [0.1, 0.15) is 28.8 Å². The Morgan fingerprint density at radius 2 is 2.10 bits per heavy atom. The number of hydrazine groups is 1. The summed E-state index contributed by atoms with van der Waals surface area (Å²) in [5.41, 5.74) is 0.623. The Bertz CT molecular complexity index is 512. The number of hydrogen-bond donors (Lipinski definition) is 2. The predicted molar refractivity (Wildman–Crippen MR) is 68.9 cm³/mol. The molecule has 110 valence electrons. The van der Waals surface area contributed by atoms with E-state index >= 15 is 0 Å². The van der Waals surface area contributed by atoms with Crippen LogP contribution in [-0.2, 0) is 6.18 Å². The summed E-state index contributed by atoms with van der Waals surface area (Å²) in [4.78, 5) is 13.7. The molecule has 1 fully saturated rings. The summed E-state index contributed by atoms with van der Waals surface area (Å²) in [6.45, 7) is 0.555. The monoisotopic (exact) mass is 287 g/mol. The molecule has 0 bridgehead atoms. The maximum absolute atomic E-state index is 12.9. The summed E-state index contributed by atoms with van der Waals surface area (Å²) in [7, 11) is 1.58. The van der Waals surface area contributed by atoms with E-state index in [1.807, 2.05) is 5.43 Å². The van der Waals surface area contributed by atoms with Crippen molar-refractivity contribution >= 4 is 11.6 Å². The highest BCUT2D eigenvalue weighted by molar-refractivity contribution is 6.00. The predicted octanol–water partition coefficient (Wildman–Crippen LogP) is 2.47. The molecule has 0 saturated heterocycles. The second kappa shape index (κ2) is 5.32. The Balaban J connectivity index is 2.32. The molecule has 1 aliphatic rings. The van der Waals surface area contributed by atoms with Crippen molar-refractivity contribution in [2.75, 3.05) is 19.0 Å². The van der Waals surface area contributed by atoms with Gasteiger partial charge in [0.05, 0.1) is 16.8 Å². The summed E-state index contributed by atoms with van der Waals surface area (Å²) in [5.74, 6) is 5.18. The number of benzene rings is 1. The third kappa shape index (κ3) is 3.04. The molecule has 1 aromatic rings. The van der Waals surface area contributed by atoms with Crippen molar-refractivity contribution in [3.63, 3.8) is 0 Å². The van der Waals surface area contributed by atoms with Crippen LogP contribution in [0.25, 0.3) is 0 Å². The smallest absolute Gasteiger partial charge is 0.341 e. The number of nitrogens with two attached hydrogens (primary N) is 1. The minimum absolute atomic E-state index is 0.0644. The van der Waals surface area contributed by atoms with Gasteiger partial charge in [-0.15, -0.1) is 0 Å². The van der Waals surface area contributed by atoms with Gasteiger partial charge in [-0.05, 0) is 30.9 Å². The second-order valence-electron chi connectivity index (χ2n) is 5.00. The van der Waals surface area contributed by atoms with Crippen LogP contribution in [0.15, 0.2) is 18.2 Å². The number of anilines is 1. The number of nitrogens with one attached hydrogen (secondary N) is 1. The van der Waals surface area contributed by atoms with Gasteiger partial charge < -0.3 is 10.3 Å². The number of hydrogen-bond acceptors (Lipinski definition) is 3. The van der Waals surface area contributed by atoms with E-state index in [1.54, 1.807) is 7.05 Å². The standard InChI is InChI=1S/C13H16F3N3O/c1-19(7-8-5-6-8)12(20)9-3-2-4-10(11(9)18-17)13(14,15)16/h2-4,8,18H,5-7,17H2,1H3. The molecule has 1 aliphatic carbocycles. The van der Waals surface area contributed by atoms with Crippen molar-refractivity contribution in [3.8, 4) is 0 Å². The lowest BCUT2D eigenvalue weighted by atomic mass is 10.1. The van der Waals surface area contributed by atoms with Crippen molar-refractivity contribution in [2.45, 2.75) is 19.0 Å². The zero-order valence-corrected chi connectivity index (χ0v) is 11.0. The number of para-hydroxylation sites is 1. The van der Waals surface area contributed by atoms with Gasteiger partial charge in [-0.3, -0.25) is 10.6 Å². The van der Waals surface area contributed by atoms with Crippen LogP contribution in [0.2, 0.25) is 0 Å². The fraction of sp³-hybridized carbons (Fsp3) is 0.462. The number of carbonyl (C=O) groups excluding carboxylic acids is 1. The molecule has 0 atom stereocenters. The van der Waals surface area contributed by atoms with Gasteiger partial charge >= 0.3 is 6.18 Å². The minimum atomic E-state index is -4.56. The van der Waals surface area contributed by atoms with Gasteiger partial charge in [-0.25, -0.2) is 0 Å². The van der Waals surface area contributed by atoms with Gasteiger partial charge in [-0.2, -0.15) is 13.2 Å². The first-order valence-corrected chi connectivity index (χ1v) is 6.27. The van der Waals surface area contributed by atoms with E-state index in [9.17, 15) is 18.0 Å². The highest BCUT2D eigenvalue weighted by atomic mass is 19.4. The molecule has 0 aromatic heterocycles. The number of alkyl halides is 3. The van der Waals surface area contributed by atoms with Gasteiger partial charge in [0.1, 0.15) is 0 Å². The average Bonchev–Trinajstić information content (AvgIpc) is 3.19. The fourth-order valence-electron chi connectivity index (χ4n) is 2.10. The van der Waals surface area contributed by atoms with E-state index < -0.39 is 17.6 Å². The van der Waals surface area contributed by atoms with Crippen molar-refractivity contribution in [2.24, 2.45) is 11.8 Å². The summed E-state index contributed by atoms with van der Waals surface area (Å²) in [6.07, 6.45) is -2.45. The molecule has 0 aliphatic heterocycles. The molecule has 0 spiro atoms. The molecule has 7 heteroatoms. The van der Waals surface area contributed by atoms with E-state index in [0.29, 0.717) is 12.5 Å². The van der Waals surface area contributed by atoms with Gasteiger partial charge in [0.2, 0.25) is 0 Å². The third-order valence-corrected chi connectivity index (χ3v) is 3.32. The van der Waals surface area contributed by atoms with Crippen LogP contribution in [0.5, 0.6) is 0 Å². The molecular formula is C13H16F3N3O. The summed E-state index contributed by atoms with van der Waals surface area (Å²) in [5, 5.41) is 0. The van der Waals surface area contributed by atoms with E-state index in [1.165, 1.54) is 17.0 Å². The Kier molecular flexibility index (Phi) is 3.89. The first kappa shape index (κ1) is 14.6. The lowest BCUT2D eigenvalue weighted by Gasteiger charge is -2.21. The summed E-state index contributed by atoms with van der Waals surface area (Å²) >= 11 is 0. The Labute approximate surface area is 114 Å². The summed E-state index contributed by atoms with van der Waals surface area (Å²) < 4.78 is 38.6. The number of nitrogen functional groups attached to an aromatic ring is 1. The van der Waals surface area contributed by atoms with Gasteiger partial charge in [0.25, 0.3) is 5.91 Å². The van der Waals surface area contributed by atoms with Crippen molar-refractivity contribution in [1.29, 1.82) is 0 Å². The number of nitrogens with zero attached hydrogens (tertiary/aromatic N) is 1. The quantitative estimate of drug-likeness (QED) is 0.660. The van der Waals surface area contributed by atoms with Crippen LogP contribution >= 0.6 is 0 Å². The van der Waals surface area contributed by atoms with E-state index in [2.05, 4.69) is 0 Å². The Morgan fingerprint density at radius 1 is 1.45 bits per heavy atom. The molecule has 0 radical (unpaired) electrons. The molecule has 1 aromatic carbocycles. The maximum atomic E-state index is 12.9. The number of carbonyl (C=O) groups is 1. The van der Waals surface area contributed by atoms with Crippen LogP contribution < -0.4 is 11.3 Å². The highest BCUT2D eigenvalue weighted by Gasteiger charge is 2.35. The zero-order chi connectivity index (χ0) is 14.9. The topological polar surface area (TPSA) is 58.4 Å². The van der Waals surface area contributed by atoms with Crippen molar-refractivity contribution in [1.82, 2.24) is 4.90 Å². The van der Waals surface area contributed by atoms with Crippen LogP contribution in [0.3, 0.4) is 0 Å². The molecule has 1 amide bonds. The highest BCUT2D eigenvalue weighted by Crippen LogP contribution is 2.37. The van der Waals surface area contributed by atoms with Crippen LogP contribution in [-0.4, -0.2) is 24.4 Å². The van der Waals surface area contributed by atoms with Crippen LogP contribution in [0.4, 0.5) is 18.9 Å². The van der Waals surface area contributed by atoms with E-state index in [0.717, 1.165) is 18.9 Å². The van der Waals surface area contributed by atoms with E-state index in [4.69, 9.17) is 5.84 Å². The van der Waals surface area contributed by atoms with Crippen LogP contribution in [0, 0.1) is 5.92 Å². The zero-order valence-electron chi connectivity index (χ0n) is 11.0. The average molecular weight is 287 g/mol. The molecule has 0 unspecified atom stereocenters. The lowest BCUT2D eigenvalue weighted by Crippen LogP contribution is -2.30. The number of amides is 1. The SMILES string of the molecule is CN(CC1CC1)C(=O)c1cccc(C(F)(F)F)c1NN. The second-order valence-corrected chi connectivity index (χ2v) is 5.00. The Hall–Kier alpha value is -1.76. The lowest BCUT2D eigenvalue weighted by molar-refractivity contribution is -0.137. The molecule has 4 nitrogen and oxygen atoms in total. The number of halogens is 3. The molecule has 3 N–H and O–H groups in total. The van der Waals surface area contributed by atoms with Crippen molar-refractivity contribution in [3.05, 3.63) is 29.3 Å². The van der Waals surface area contributed by atoms with Gasteiger partial charge in [-0.1, -0.05) is 6.07 Å². The molecule has 0 heterocycles. The first-order chi connectivity index (χ1) is 9.34. The number of rotatable bonds is 4. The first-order valence-electron chi connectivity index (χ1n) is 6.27. The molecule has 2 rings (SSSR count). The molecule has 20 heavy (non-hydrogen) atoms. The largest absolute Gasteiger partial charge is 0.418 e. The fourth-order valence-corrected chi connectivity index (χ4v) is 2.10. The normalized spacial score (nSPS) is 15.1. The molecular weight excluding hydrogens is 271 g/mol. The molecule has 1 saturated carbocycles. The maximum Gasteiger partial charge on any atom is 0.418 e. The Morgan fingerprint density at radius 3 is 2.60 bits per heavy atom. The summed E-state index contributed by atoms with van der Waals surface area (Å²) in [6, 6.07) is 3.45. The van der Waals surface area contributed by atoms with E-state index in [-0.39, 0.29) is 11.3 Å². The third-order valence-electron chi connectivity index (χ3n) is 3.32. The van der Waals surface area contributed by atoms with Gasteiger partial charge in [0, 0.05) is 13.6 Å². The minimum Gasteiger partial charge on any atom is -0.341 e. The van der Waals surface area contributed by atoms with Crippen molar-refractivity contribution < 1.29 is 18.0 Å².